The summed E-state index contributed by atoms with van der Waals surface area (Å²) in [7, 11) is 0. The molecule has 4 aromatic rings. The molecule has 41 heavy (non-hydrogen) atoms. The van der Waals surface area contributed by atoms with Gasteiger partial charge in [-0.1, -0.05) is 24.3 Å². The summed E-state index contributed by atoms with van der Waals surface area (Å²) in [5.74, 6) is 0.271. The fourth-order valence-corrected chi connectivity index (χ4v) is 3.90. The average molecular weight is 552 g/mol. The Morgan fingerprint density at radius 1 is 0.805 bits per heavy atom. The van der Waals surface area contributed by atoms with Crippen LogP contribution in [0.4, 0.5) is 5.69 Å². The summed E-state index contributed by atoms with van der Waals surface area (Å²) in [6.45, 7) is 2.25. The summed E-state index contributed by atoms with van der Waals surface area (Å²) in [4.78, 5) is 37.8. The van der Waals surface area contributed by atoms with Crippen LogP contribution in [0.3, 0.4) is 0 Å². The van der Waals surface area contributed by atoms with E-state index in [2.05, 4.69) is 15.8 Å². The molecule has 1 aliphatic rings. The predicted molar refractivity (Wildman–Crippen MR) is 151 cm³/mol. The molecular weight excluding hydrogens is 526 g/mol. The highest BCUT2D eigenvalue weighted by Gasteiger charge is 2.19. The van der Waals surface area contributed by atoms with Crippen molar-refractivity contribution in [3.05, 3.63) is 113 Å². The van der Waals surface area contributed by atoms with E-state index < -0.39 is 11.9 Å². The molecule has 5 rings (SSSR count). The minimum absolute atomic E-state index is 0.102. The number of hydrazone groups is 1. The average Bonchev–Trinajstić information content (AvgIpc) is 3.47. The van der Waals surface area contributed by atoms with Crippen molar-refractivity contribution < 1.29 is 33.3 Å². The number of esters is 1. The van der Waals surface area contributed by atoms with E-state index in [1.54, 1.807) is 91.9 Å². The second-order valence-electron chi connectivity index (χ2n) is 8.70. The van der Waals surface area contributed by atoms with Crippen LogP contribution in [0.15, 0.2) is 96.1 Å². The first-order chi connectivity index (χ1) is 20.0. The minimum atomic E-state index is -0.583. The number of hydrogen-bond donors (Lipinski definition) is 2. The van der Waals surface area contributed by atoms with E-state index in [0.717, 1.165) is 0 Å². The smallest absolute Gasteiger partial charge is 0.343 e. The first kappa shape index (κ1) is 26.9. The Bertz CT molecular complexity index is 1620. The zero-order valence-corrected chi connectivity index (χ0v) is 22.0. The lowest BCUT2D eigenvalue weighted by molar-refractivity contribution is 0.0727. The van der Waals surface area contributed by atoms with Crippen molar-refractivity contribution in [2.75, 3.05) is 18.7 Å². The van der Waals surface area contributed by atoms with Gasteiger partial charge in [0.05, 0.1) is 18.4 Å². The van der Waals surface area contributed by atoms with Gasteiger partial charge in [0, 0.05) is 16.8 Å². The lowest BCUT2D eigenvalue weighted by Crippen LogP contribution is -2.18. The van der Waals surface area contributed by atoms with E-state index in [9.17, 15) is 14.4 Å². The van der Waals surface area contributed by atoms with Crippen molar-refractivity contribution in [3.8, 4) is 23.0 Å². The lowest BCUT2D eigenvalue weighted by atomic mass is 10.1. The SMILES string of the molecule is CCOc1cc(C=NNC(=O)c2cccc(NC(=O)c3ccccc3)c2)ccc1OC(=O)c1ccc2c(c1)OCO2. The maximum Gasteiger partial charge on any atom is 0.343 e. The normalized spacial score (nSPS) is 11.6. The van der Waals surface area contributed by atoms with Gasteiger partial charge in [-0.3, -0.25) is 9.59 Å². The van der Waals surface area contributed by atoms with Crippen molar-refractivity contribution >= 4 is 29.7 Å². The first-order valence-corrected chi connectivity index (χ1v) is 12.7. The van der Waals surface area contributed by atoms with E-state index in [1.165, 1.54) is 6.21 Å². The van der Waals surface area contributed by atoms with Crippen LogP contribution < -0.4 is 29.7 Å². The van der Waals surface area contributed by atoms with Gasteiger partial charge >= 0.3 is 5.97 Å². The summed E-state index contributed by atoms with van der Waals surface area (Å²) in [5, 5.41) is 6.80. The van der Waals surface area contributed by atoms with E-state index in [-0.39, 0.29) is 18.4 Å². The summed E-state index contributed by atoms with van der Waals surface area (Å²) < 4.78 is 21.8. The van der Waals surface area contributed by atoms with E-state index in [1.807, 2.05) is 6.07 Å². The number of fused-ring (bicyclic) bond motifs is 1. The number of anilines is 1. The molecule has 0 aromatic heterocycles. The summed E-state index contributed by atoms with van der Waals surface area (Å²) in [6, 6.07) is 25.0. The summed E-state index contributed by atoms with van der Waals surface area (Å²) in [5.41, 5.74) is 4.66. The molecule has 0 atom stereocenters. The van der Waals surface area contributed by atoms with Gasteiger partial charge < -0.3 is 24.3 Å². The van der Waals surface area contributed by atoms with Crippen molar-refractivity contribution in [2.45, 2.75) is 6.92 Å². The second-order valence-corrected chi connectivity index (χ2v) is 8.70. The van der Waals surface area contributed by atoms with Crippen LogP contribution in [0.2, 0.25) is 0 Å². The molecule has 0 aliphatic carbocycles. The van der Waals surface area contributed by atoms with Gasteiger partial charge in [-0.25, -0.2) is 10.2 Å². The molecule has 0 saturated carbocycles. The highest BCUT2D eigenvalue weighted by atomic mass is 16.7. The van der Waals surface area contributed by atoms with Crippen molar-refractivity contribution in [1.29, 1.82) is 0 Å². The second kappa shape index (κ2) is 12.5. The molecule has 0 radical (unpaired) electrons. The molecule has 4 aromatic carbocycles. The minimum Gasteiger partial charge on any atom is -0.490 e. The quantitative estimate of drug-likeness (QED) is 0.129. The molecule has 10 nitrogen and oxygen atoms in total. The third-order valence-electron chi connectivity index (χ3n) is 5.88. The van der Waals surface area contributed by atoms with Crippen LogP contribution >= 0.6 is 0 Å². The van der Waals surface area contributed by atoms with Gasteiger partial charge in [0.2, 0.25) is 6.79 Å². The Morgan fingerprint density at radius 3 is 2.44 bits per heavy atom. The maximum absolute atomic E-state index is 12.7. The molecule has 0 spiro atoms. The molecule has 206 valence electrons. The van der Waals surface area contributed by atoms with Crippen LogP contribution in [-0.4, -0.2) is 37.4 Å². The number of ether oxygens (including phenoxy) is 4. The van der Waals surface area contributed by atoms with E-state index in [4.69, 9.17) is 18.9 Å². The molecule has 2 amide bonds. The van der Waals surface area contributed by atoms with Crippen molar-refractivity contribution in [1.82, 2.24) is 5.43 Å². The third kappa shape index (κ3) is 6.69. The topological polar surface area (TPSA) is 125 Å². The Balaban J connectivity index is 1.22. The standard InChI is InChI=1S/C31H25N3O7/c1-2-38-27-15-20(11-13-26(27)41-31(37)23-12-14-25-28(17-23)40-19-39-25)18-32-34-30(36)22-9-6-10-24(16-22)33-29(35)21-7-4-3-5-8-21/h3-18H,2,19H2,1H3,(H,33,35)(H,34,36). The van der Waals surface area contributed by atoms with Crippen LogP contribution in [-0.2, 0) is 0 Å². The fraction of sp³-hybridized carbons (Fsp3) is 0.0968. The van der Waals surface area contributed by atoms with Crippen molar-refractivity contribution in [2.24, 2.45) is 5.10 Å². The number of nitrogens with one attached hydrogen (secondary N) is 2. The fourth-order valence-electron chi connectivity index (χ4n) is 3.90. The zero-order chi connectivity index (χ0) is 28.6. The predicted octanol–water partition coefficient (Wildman–Crippen LogP) is 5.05. The van der Waals surface area contributed by atoms with Gasteiger partial charge in [-0.2, -0.15) is 5.10 Å². The summed E-state index contributed by atoms with van der Waals surface area (Å²) >= 11 is 0. The molecule has 1 heterocycles. The van der Waals surface area contributed by atoms with Gasteiger partial charge in [-0.15, -0.1) is 0 Å². The van der Waals surface area contributed by atoms with Crippen LogP contribution in [0.5, 0.6) is 23.0 Å². The highest BCUT2D eigenvalue weighted by molar-refractivity contribution is 6.05. The Morgan fingerprint density at radius 2 is 1.61 bits per heavy atom. The van der Waals surface area contributed by atoms with Gasteiger partial charge in [0.15, 0.2) is 23.0 Å². The molecule has 1 aliphatic heterocycles. The summed E-state index contributed by atoms with van der Waals surface area (Å²) in [6.07, 6.45) is 1.44. The third-order valence-corrected chi connectivity index (χ3v) is 5.88. The van der Waals surface area contributed by atoms with Crippen LogP contribution in [0.1, 0.15) is 43.6 Å². The zero-order valence-electron chi connectivity index (χ0n) is 22.0. The largest absolute Gasteiger partial charge is 0.490 e. The highest BCUT2D eigenvalue weighted by Crippen LogP contribution is 2.34. The Labute approximate surface area is 235 Å². The van der Waals surface area contributed by atoms with Gasteiger partial charge in [0.25, 0.3) is 11.8 Å². The van der Waals surface area contributed by atoms with Gasteiger partial charge in [0.1, 0.15) is 0 Å². The number of amides is 2. The molecule has 0 unspecified atom stereocenters. The van der Waals surface area contributed by atoms with E-state index >= 15 is 0 Å². The monoisotopic (exact) mass is 551 g/mol. The number of nitrogens with zero attached hydrogens (tertiary/aromatic N) is 1. The number of hydrogen-bond acceptors (Lipinski definition) is 8. The van der Waals surface area contributed by atoms with Crippen molar-refractivity contribution in [3.63, 3.8) is 0 Å². The van der Waals surface area contributed by atoms with Crippen LogP contribution in [0.25, 0.3) is 0 Å². The number of benzene rings is 4. The number of carbonyl (C=O) groups is 3. The van der Waals surface area contributed by atoms with E-state index in [0.29, 0.717) is 51.8 Å². The lowest BCUT2D eigenvalue weighted by Gasteiger charge is -2.11. The number of carbonyl (C=O) groups excluding carboxylic acids is 3. The number of rotatable bonds is 9. The first-order valence-electron chi connectivity index (χ1n) is 12.7. The molecule has 2 N–H and O–H groups in total. The molecule has 0 fully saturated rings. The molecular formula is C31H25N3O7. The van der Waals surface area contributed by atoms with Gasteiger partial charge in [-0.05, 0) is 79.2 Å². The van der Waals surface area contributed by atoms with Crippen LogP contribution in [0, 0.1) is 0 Å². The molecule has 0 bridgehead atoms. The molecule has 0 saturated heterocycles. The molecule has 10 heteroatoms. The Hall–Kier alpha value is -5.64. The maximum atomic E-state index is 12.7. The Kier molecular flexibility index (Phi) is 8.20.